The number of anilines is 1. The summed E-state index contributed by atoms with van der Waals surface area (Å²) in [5.74, 6) is 0.465. The van der Waals surface area contributed by atoms with Crippen molar-refractivity contribution in [1.29, 1.82) is 0 Å². The topological polar surface area (TPSA) is 96.1 Å². The molecule has 146 valence electrons. The average molecular weight is 398 g/mol. The molecule has 0 bridgehead atoms. The molecule has 0 spiro atoms. The molecule has 0 saturated heterocycles. The molecule has 1 aromatic carbocycles. The van der Waals surface area contributed by atoms with Crippen LogP contribution in [0.25, 0.3) is 10.6 Å². The number of nitrogens with one attached hydrogen (secondary N) is 3. The number of ether oxygens (including phenoxy) is 1. The lowest BCUT2D eigenvalue weighted by molar-refractivity contribution is -0.115. The standard InChI is InChI=1S/C20H22N4O3S/c1-2-3-10-27-15-8-6-14(7-9-15)20(26)21-13-19(25)22-18-12-16(23-24-18)17-5-4-11-28-17/h4-9,11-12H,2-3,10,13H2,1H3,(H,21,26)(H2,22,23,24,25). The molecular weight excluding hydrogens is 376 g/mol. The minimum absolute atomic E-state index is 0.144. The van der Waals surface area contributed by atoms with Crippen LogP contribution >= 0.6 is 11.3 Å². The summed E-state index contributed by atoms with van der Waals surface area (Å²) in [6.07, 6.45) is 2.05. The van der Waals surface area contributed by atoms with Gasteiger partial charge in [-0.3, -0.25) is 14.7 Å². The Labute approximate surface area is 167 Å². The zero-order valence-corrected chi connectivity index (χ0v) is 16.3. The SMILES string of the molecule is CCCCOc1ccc(C(=O)NCC(=O)Nc2cc(-c3cccs3)[nH]n2)cc1. The van der Waals surface area contributed by atoms with Crippen molar-refractivity contribution in [3.63, 3.8) is 0 Å². The van der Waals surface area contributed by atoms with Crippen LogP contribution in [-0.4, -0.2) is 35.2 Å². The molecule has 0 aliphatic heterocycles. The molecule has 3 N–H and O–H groups in total. The number of hydrogen-bond donors (Lipinski definition) is 3. The Kier molecular flexibility index (Phi) is 6.80. The quantitative estimate of drug-likeness (QED) is 0.479. The second-order valence-corrected chi connectivity index (χ2v) is 7.05. The van der Waals surface area contributed by atoms with Gasteiger partial charge in [0.05, 0.1) is 23.7 Å². The van der Waals surface area contributed by atoms with Crippen LogP contribution in [0.15, 0.2) is 47.8 Å². The van der Waals surface area contributed by atoms with Crippen LogP contribution in [0, 0.1) is 0 Å². The van der Waals surface area contributed by atoms with Crippen LogP contribution in [-0.2, 0) is 4.79 Å². The van der Waals surface area contributed by atoms with Crippen LogP contribution in [0.1, 0.15) is 30.1 Å². The van der Waals surface area contributed by atoms with Crippen molar-refractivity contribution in [2.75, 3.05) is 18.5 Å². The minimum Gasteiger partial charge on any atom is -0.494 e. The smallest absolute Gasteiger partial charge is 0.251 e. The van der Waals surface area contributed by atoms with E-state index in [2.05, 4.69) is 27.8 Å². The lowest BCUT2D eigenvalue weighted by Crippen LogP contribution is -2.32. The number of nitrogens with zero attached hydrogens (tertiary/aromatic N) is 1. The second-order valence-electron chi connectivity index (χ2n) is 6.10. The highest BCUT2D eigenvalue weighted by Gasteiger charge is 2.11. The van der Waals surface area contributed by atoms with Crippen molar-refractivity contribution < 1.29 is 14.3 Å². The molecule has 3 rings (SSSR count). The number of benzene rings is 1. The summed E-state index contributed by atoms with van der Waals surface area (Å²) in [5.41, 5.74) is 1.30. The maximum atomic E-state index is 12.2. The van der Waals surface area contributed by atoms with Gasteiger partial charge < -0.3 is 15.4 Å². The van der Waals surface area contributed by atoms with E-state index in [4.69, 9.17) is 4.74 Å². The molecule has 0 aliphatic rings. The average Bonchev–Trinajstić information content (AvgIpc) is 3.39. The van der Waals surface area contributed by atoms with E-state index in [0.717, 1.165) is 29.2 Å². The molecule has 2 aromatic heterocycles. The summed E-state index contributed by atoms with van der Waals surface area (Å²) in [5, 5.41) is 14.2. The third-order valence-corrected chi connectivity index (χ3v) is 4.83. The van der Waals surface area contributed by atoms with Gasteiger partial charge in [-0.15, -0.1) is 11.3 Å². The first-order valence-electron chi connectivity index (χ1n) is 9.06. The monoisotopic (exact) mass is 398 g/mol. The number of hydrogen-bond acceptors (Lipinski definition) is 5. The zero-order valence-electron chi connectivity index (χ0n) is 15.5. The first kappa shape index (κ1) is 19.6. The largest absolute Gasteiger partial charge is 0.494 e. The number of H-pyrrole nitrogens is 1. The number of aromatic nitrogens is 2. The molecule has 28 heavy (non-hydrogen) atoms. The third-order valence-electron chi connectivity index (χ3n) is 3.92. The first-order valence-corrected chi connectivity index (χ1v) is 9.94. The van der Waals surface area contributed by atoms with E-state index in [9.17, 15) is 9.59 Å². The normalized spacial score (nSPS) is 10.5. The Bertz CT molecular complexity index is 904. The van der Waals surface area contributed by atoms with Crippen LogP contribution in [0.4, 0.5) is 5.82 Å². The Morgan fingerprint density at radius 2 is 2.04 bits per heavy atom. The van der Waals surface area contributed by atoms with Gasteiger partial charge in [-0.1, -0.05) is 19.4 Å². The fourth-order valence-corrected chi connectivity index (χ4v) is 3.12. The molecule has 3 aromatic rings. The molecule has 7 nitrogen and oxygen atoms in total. The number of aromatic amines is 1. The molecule has 0 unspecified atom stereocenters. The van der Waals surface area contributed by atoms with Crippen molar-refractivity contribution >= 4 is 29.0 Å². The summed E-state index contributed by atoms with van der Waals surface area (Å²) >= 11 is 1.58. The van der Waals surface area contributed by atoms with Gasteiger partial charge in [0.15, 0.2) is 5.82 Å². The molecule has 0 saturated carbocycles. The lowest BCUT2D eigenvalue weighted by Gasteiger charge is -2.07. The second kappa shape index (κ2) is 9.70. The Morgan fingerprint density at radius 3 is 2.75 bits per heavy atom. The van der Waals surface area contributed by atoms with Gasteiger partial charge in [-0.25, -0.2) is 0 Å². The molecule has 8 heteroatoms. The van der Waals surface area contributed by atoms with Gasteiger partial charge in [-0.05, 0) is 42.1 Å². The maximum Gasteiger partial charge on any atom is 0.251 e. The van der Waals surface area contributed by atoms with E-state index in [1.807, 2.05) is 17.5 Å². The summed E-state index contributed by atoms with van der Waals surface area (Å²) < 4.78 is 5.57. The number of thiophene rings is 1. The minimum atomic E-state index is -0.350. The predicted octanol–water partition coefficient (Wildman–Crippen LogP) is 3.69. The summed E-state index contributed by atoms with van der Waals surface area (Å²) in [4.78, 5) is 25.3. The maximum absolute atomic E-state index is 12.2. The molecule has 0 atom stereocenters. The van der Waals surface area contributed by atoms with Gasteiger partial charge in [0, 0.05) is 11.6 Å². The highest BCUT2D eigenvalue weighted by Crippen LogP contribution is 2.24. The van der Waals surface area contributed by atoms with E-state index in [1.54, 1.807) is 41.7 Å². The Hall–Kier alpha value is -3.13. The highest BCUT2D eigenvalue weighted by molar-refractivity contribution is 7.13. The van der Waals surface area contributed by atoms with Crippen LogP contribution < -0.4 is 15.4 Å². The van der Waals surface area contributed by atoms with Crippen molar-refractivity contribution in [2.24, 2.45) is 0 Å². The van der Waals surface area contributed by atoms with E-state index in [-0.39, 0.29) is 18.4 Å². The van der Waals surface area contributed by atoms with E-state index in [1.165, 1.54) is 0 Å². The van der Waals surface area contributed by atoms with Crippen LogP contribution in [0.3, 0.4) is 0 Å². The highest BCUT2D eigenvalue weighted by atomic mass is 32.1. The van der Waals surface area contributed by atoms with E-state index >= 15 is 0 Å². The zero-order chi connectivity index (χ0) is 19.8. The summed E-state index contributed by atoms with van der Waals surface area (Å²) in [7, 11) is 0. The van der Waals surface area contributed by atoms with Crippen LogP contribution in [0.5, 0.6) is 5.75 Å². The number of carbonyl (C=O) groups is 2. The molecule has 2 heterocycles. The van der Waals surface area contributed by atoms with Crippen molar-refractivity contribution in [2.45, 2.75) is 19.8 Å². The third kappa shape index (κ3) is 5.43. The van der Waals surface area contributed by atoms with E-state index < -0.39 is 0 Å². The van der Waals surface area contributed by atoms with Gasteiger partial charge in [-0.2, -0.15) is 5.10 Å². The first-order chi connectivity index (χ1) is 13.7. The van der Waals surface area contributed by atoms with E-state index in [0.29, 0.717) is 18.0 Å². The van der Waals surface area contributed by atoms with Crippen molar-refractivity contribution in [1.82, 2.24) is 15.5 Å². The van der Waals surface area contributed by atoms with Crippen LogP contribution in [0.2, 0.25) is 0 Å². The molecule has 0 fully saturated rings. The molecule has 2 amide bonds. The van der Waals surface area contributed by atoms with Crippen molar-refractivity contribution in [3.05, 3.63) is 53.4 Å². The number of unbranched alkanes of at least 4 members (excludes halogenated alkanes) is 1. The Balaban J connectivity index is 1.45. The number of carbonyl (C=O) groups excluding carboxylic acids is 2. The van der Waals surface area contributed by atoms with Gasteiger partial charge in [0.2, 0.25) is 5.91 Å². The van der Waals surface area contributed by atoms with Gasteiger partial charge in [0.25, 0.3) is 5.91 Å². The van der Waals surface area contributed by atoms with Gasteiger partial charge in [0.1, 0.15) is 5.75 Å². The molecule has 0 radical (unpaired) electrons. The number of rotatable bonds is 9. The number of amides is 2. The summed E-state index contributed by atoms with van der Waals surface area (Å²) in [6.45, 7) is 2.61. The fraction of sp³-hybridized carbons (Fsp3) is 0.250. The summed E-state index contributed by atoms with van der Waals surface area (Å²) in [6, 6.07) is 12.5. The van der Waals surface area contributed by atoms with Gasteiger partial charge >= 0.3 is 0 Å². The molecular formula is C20H22N4O3S. The van der Waals surface area contributed by atoms with Crippen molar-refractivity contribution in [3.8, 4) is 16.3 Å². The molecule has 0 aliphatic carbocycles. The fourth-order valence-electron chi connectivity index (χ4n) is 2.43. The predicted molar refractivity (Wildman–Crippen MR) is 110 cm³/mol. The Morgan fingerprint density at radius 1 is 1.21 bits per heavy atom. The lowest BCUT2D eigenvalue weighted by atomic mass is 10.2.